The highest BCUT2D eigenvalue weighted by atomic mass is 16.4. The molecule has 0 saturated heterocycles. The van der Waals surface area contributed by atoms with Gasteiger partial charge in [0.1, 0.15) is 5.75 Å². The summed E-state index contributed by atoms with van der Waals surface area (Å²) in [6, 6.07) is 15.4. The fourth-order valence-electron chi connectivity index (χ4n) is 2.96. The lowest BCUT2D eigenvalue weighted by Crippen LogP contribution is -2.12. The van der Waals surface area contributed by atoms with Crippen molar-refractivity contribution in [3.8, 4) is 5.75 Å². The zero-order valence-electron chi connectivity index (χ0n) is 15.1. The van der Waals surface area contributed by atoms with Gasteiger partial charge in [0.05, 0.1) is 12.0 Å². The molecule has 6 nitrogen and oxygen atoms in total. The standard InChI is InChI=1S/C22H20N2O4/c23-10-2-3-14-7-9-20(25)18(12-14)22(28)24-19-5-1-4-16-11-15(13-21(26)27)6-8-17(16)19/h1-9,11-12,25H,10,13,23H2,(H,24,28)(H,26,27)/b3-2+. The number of phenols is 1. The molecule has 0 heterocycles. The van der Waals surface area contributed by atoms with Gasteiger partial charge in [-0.3, -0.25) is 9.59 Å². The highest BCUT2D eigenvalue weighted by Crippen LogP contribution is 2.27. The number of nitrogens with two attached hydrogens (primary N) is 1. The van der Waals surface area contributed by atoms with E-state index in [4.69, 9.17) is 10.8 Å². The predicted molar refractivity (Wildman–Crippen MR) is 109 cm³/mol. The van der Waals surface area contributed by atoms with Crippen LogP contribution in [0.5, 0.6) is 5.75 Å². The lowest BCUT2D eigenvalue weighted by molar-refractivity contribution is -0.136. The SMILES string of the molecule is NC/C=C/c1ccc(O)c(C(=O)Nc2cccc3cc(CC(=O)O)ccc23)c1. The van der Waals surface area contributed by atoms with Crippen LogP contribution in [0.3, 0.4) is 0 Å². The van der Waals surface area contributed by atoms with Gasteiger partial charge >= 0.3 is 5.97 Å². The quantitative estimate of drug-likeness (QED) is 0.527. The molecule has 0 aliphatic carbocycles. The highest BCUT2D eigenvalue weighted by Gasteiger charge is 2.13. The zero-order chi connectivity index (χ0) is 20.1. The molecule has 142 valence electrons. The number of hydrogen-bond donors (Lipinski definition) is 4. The van der Waals surface area contributed by atoms with Crippen LogP contribution in [-0.2, 0) is 11.2 Å². The Morgan fingerprint density at radius 2 is 1.89 bits per heavy atom. The lowest BCUT2D eigenvalue weighted by atomic mass is 10.0. The molecule has 3 aromatic rings. The van der Waals surface area contributed by atoms with E-state index in [1.807, 2.05) is 6.07 Å². The third-order valence-electron chi connectivity index (χ3n) is 4.26. The number of fused-ring (bicyclic) bond motifs is 1. The molecular formula is C22H20N2O4. The molecule has 0 atom stereocenters. The third-order valence-corrected chi connectivity index (χ3v) is 4.26. The van der Waals surface area contributed by atoms with Gasteiger partial charge in [-0.2, -0.15) is 0 Å². The summed E-state index contributed by atoms with van der Waals surface area (Å²) in [5.74, 6) is -1.46. The third kappa shape index (κ3) is 4.36. The number of phenolic OH excluding ortho intramolecular Hbond substituents is 1. The first-order valence-corrected chi connectivity index (χ1v) is 8.72. The van der Waals surface area contributed by atoms with Gasteiger partial charge in [-0.15, -0.1) is 0 Å². The average Bonchev–Trinajstić information content (AvgIpc) is 2.66. The number of carbonyl (C=O) groups is 2. The molecule has 6 heteroatoms. The van der Waals surface area contributed by atoms with E-state index >= 15 is 0 Å². The minimum absolute atomic E-state index is 0.0660. The first-order chi connectivity index (χ1) is 13.5. The van der Waals surface area contributed by atoms with E-state index in [-0.39, 0.29) is 17.7 Å². The van der Waals surface area contributed by atoms with Crippen LogP contribution in [-0.4, -0.2) is 28.6 Å². The molecule has 5 N–H and O–H groups in total. The molecule has 0 saturated carbocycles. The molecule has 3 aromatic carbocycles. The second kappa shape index (κ2) is 8.37. The number of carboxylic acid groups (broad SMARTS) is 1. The van der Waals surface area contributed by atoms with Crippen molar-refractivity contribution < 1.29 is 19.8 Å². The summed E-state index contributed by atoms with van der Waals surface area (Å²) >= 11 is 0. The molecule has 28 heavy (non-hydrogen) atoms. The second-order valence-corrected chi connectivity index (χ2v) is 6.30. The highest BCUT2D eigenvalue weighted by molar-refractivity contribution is 6.10. The molecule has 0 aromatic heterocycles. The normalized spacial score (nSPS) is 11.0. The van der Waals surface area contributed by atoms with Crippen molar-refractivity contribution in [3.05, 3.63) is 77.4 Å². The van der Waals surface area contributed by atoms with E-state index in [1.165, 1.54) is 6.07 Å². The zero-order valence-corrected chi connectivity index (χ0v) is 15.1. The van der Waals surface area contributed by atoms with E-state index in [0.717, 1.165) is 16.3 Å². The molecule has 0 radical (unpaired) electrons. The number of anilines is 1. The van der Waals surface area contributed by atoms with Crippen molar-refractivity contribution in [1.82, 2.24) is 0 Å². The molecule has 0 bridgehead atoms. The maximum atomic E-state index is 12.7. The van der Waals surface area contributed by atoms with Crippen molar-refractivity contribution >= 4 is 34.4 Å². The van der Waals surface area contributed by atoms with Gasteiger partial charge in [0.25, 0.3) is 5.91 Å². The Morgan fingerprint density at radius 3 is 2.64 bits per heavy atom. The molecule has 0 aliphatic heterocycles. The Morgan fingerprint density at radius 1 is 1.07 bits per heavy atom. The molecule has 1 amide bonds. The van der Waals surface area contributed by atoms with Crippen molar-refractivity contribution in [1.29, 1.82) is 0 Å². The first kappa shape index (κ1) is 19.1. The topological polar surface area (TPSA) is 113 Å². The van der Waals surface area contributed by atoms with E-state index in [0.29, 0.717) is 17.8 Å². The number of rotatable bonds is 6. The number of aromatic hydroxyl groups is 1. The molecular weight excluding hydrogens is 356 g/mol. The predicted octanol–water partition coefficient (Wildman–Crippen LogP) is 3.40. The number of carbonyl (C=O) groups excluding carboxylic acids is 1. The Labute approximate surface area is 161 Å². The fourth-order valence-corrected chi connectivity index (χ4v) is 2.96. The number of hydrogen-bond acceptors (Lipinski definition) is 4. The monoisotopic (exact) mass is 376 g/mol. The maximum absolute atomic E-state index is 12.7. The van der Waals surface area contributed by atoms with Gasteiger partial charge in [-0.25, -0.2) is 0 Å². The lowest BCUT2D eigenvalue weighted by Gasteiger charge is -2.11. The molecule has 0 spiro atoms. The fraction of sp³-hybridized carbons (Fsp3) is 0.0909. The van der Waals surface area contributed by atoms with Gasteiger partial charge < -0.3 is 21.3 Å². The number of aliphatic carboxylic acids is 1. The van der Waals surface area contributed by atoms with Crippen LogP contribution < -0.4 is 11.1 Å². The van der Waals surface area contributed by atoms with E-state index in [9.17, 15) is 14.7 Å². The summed E-state index contributed by atoms with van der Waals surface area (Å²) in [7, 11) is 0. The summed E-state index contributed by atoms with van der Waals surface area (Å²) in [6.45, 7) is 0.377. The number of benzene rings is 3. The molecule has 0 unspecified atom stereocenters. The number of nitrogens with one attached hydrogen (secondary N) is 1. The Kier molecular flexibility index (Phi) is 5.72. The number of carboxylic acids is 1. The van der Waals surface area contributed by atoms with E-state index in [1.54, 1.807) is 54.6 Å². The van der Waals surface area contributed by atoms with Crippen LogP contribution in [0.15, 0.2) is 60.7 Å². The van der Waals surface area contributed by atoms with Crippen molar-refractivity contribution in [2.75, 3.05) is 11.9 Å². The summed E-state index contributed by atoms with van der Waals surface area (Å²) in [6.07, 6.45) is 3.47. The van der Waals surface area contributed by atoms with Crippen LogP contribution in [0.1, 0.15) is 21.5 Å². The molecule has 3 rings (SSSR count). The summed E-state index contributed by atoms with van der Waals surface area (Å²) in [5.41, 5.74) is 7.61. The Bertz CT molecular complexity index is 1070. The van der Waals surface area contributed by atoms with Crippen LogP contribution in [0.4, 0.5) is 5.69 Å². The van der Waals surface area contributed by atoms with E-state index < -0.39 is 11.9 Å². The van der Waals surface area contributed by atoms with E-state index in [2.05, 4.69) is 5.32 Å². The van der Waals surface area contributed by atoms with Gasteiger partial charge in [-0.05, 0) is 34.7 Å². The molecule has 0 fully saturated rings. The average molecular weight is 376 g/mol. The summed E-state index contributed by atoms with van der Waals surface area (Å²) in [4.78, 5) is 23.6. The summed E-state index contributed by atoms with van der Waals surface area (Å²) in [5, 5.41) is 23.4. The minimum atomic E-state index is -0.900. The first-order valence-electron chi connectivity index (χ1n) is 8.72. The van der Waals surface area contributed by atoms with Crippen LogP contribution in [0.25, 0.3) is 16.8 Å². The van der Waals surface area contributed by atoms with Crippen molar-refractivity contribution in [3.63, 3.8) is 0 Å². The van der Waals surface area contributed by atoms with Crippen LogP contribution >= 0.6 is 0 Å². The van der Waals surface area contributed by atoms with Gasteiger partial charge in [0.15, 0.2) is 0 Å². The largest absolute Gasteiger partial charge is 0.507 e. The van der Waals surface area contributed by atoms with Crippen molar-refractivity contribution in [2.24, 2.45) is 5.73 Å². The smallest absolute Gasteiger partial charge is 0.307 e. The Balaban J connectivity index is 1.91. The van der Waals surface area contributed by atoms with Gasteiger partial charge in [0.2, 0.25) is 0 Å². The van der Waals surface area contributed by atoms with Crippen LogP contribution in [0.2, 0.25) is 0 Å². The Hall–Kier alpha value is -3.64. The number of amides is 1. The van der Waals surface area contributed by atoms with Crippen LogP contribution in [0, 0.1) is 0 Å². The van der Waals surface area contributed by atoms with Gasteiger partial charge in [0, 0.05) is 17.6 Å². The molecule has 0 aliphatic rings. The summed E-state index contributed by atoms with van der Waals surface area (Å²) < 4.78 is 0. The minimum Gasteiger partial charge on any atom is -0.507 e. The second-order valence-electron chi connectivity index (χ2n) is 6.30. The maximum Gasteiger partial charge on any atom is 0.307 e. The van der Waals surface area contributed by atoms with Crippen molar-refractivity contribution in [2.45, 2.75) is 6.42 Å². The van der Waals surface area contributed by atoms with Gasteiger partial charge in [-0.1, -0.05) is 48.6 Å².